The van der Waals surface area contributed by atoms with Gasteiger partial charge in [-0.1, -0.05) is 24.3 Å². The van der Waals surface area contributed by atoms with Crippen LogP contribution in [-0.4, -0.2) is 47.3 Å². The molecule has 1 aliphatic rings. The van der Waals surface area contributed by atoms with E-state index in [2.05, 4.69) is 15.3 Å². The normalized spacial score (nSPS) is 13.4. The van der Waals surface area contributed by atoms with E-state index in [1.54, 1.807) is 18.0 Å². The highest BCUT2D eigenvalue weighted by Crippen LogP contribution is 2.29. The van der Waals surface area contributed by atoms with Gasteiger partial charge in [-0.25, -0.2) is 15.4 Å². The first-order chi connectivity index (χ1) is 15.5. The molecule has 0 aliphatic carbocycles. The first-order valence-electron chi connectivity index (χ1n) is 10.1. The zero-order valence-corrected chi connectivity index (χ0v) is 18.5. The zero-order valence-electron chi connectivity index (χ0n) is 17.7. The van der Waals surface area contributed by atoms with Gasteiger partial charge in [0.25, 0.3) is 0 Å². The third-order valence-electron chi connectivity index (χ3n) is 4.90. The average molecular weight is 450 g/mol. The third-order valence-corrected chi connectivity index (χ3v) is 6.05. The molecule has 0 saturated carbocycles. The Morgan fingerprint density at radius 1 is 1.22 bits per heavy atom. The molecule has 1 fully saturated rings. The van der Waals surface area contributed by atoms with Gasteiger partial charge < -0.3 is 20.5 Å². The van der Waals surface area contributed by atoms with Crippen LogP contribution in [0.2, 0.25) is 0 Å². The SMILES string of the molecule is CNCc1ccc(C(=N)OC(=[NH2+])c2nc(-c3ccc(SC4COC4)cc3)cnc2N)cc1. The van der Waals surface area contributed by atoms with Crippen LogP contribution < -0.4 is 16.5 Å². The lowest BCUT2D eigenvalue weighted by Gasteiger charge is -2.25. The third kappa shape index (κ3) is 5.13. The van der Waals surface area contributed by atoms with E-state index in [1.165, 1.54) is 4.90 Å². The quantitative estimate of drug-likeness (QED) is 0.317. The van der Waals surface area contributed by atoms with Crippen LogP contribution in [0.3, 0.4) is 0 Å². The van der Waals surface area contributed by atoms with Gasteiger partial charge in [-0.15, -0.1) is 11.8 Å². The standard InChI is InChI=1S/C23H24N6O2S/c1-27-10-14-2-4-16(5-3-14)22(25)31-23(26)20-21(24)28-11-19(29-20)15-6-8-17(9-7-15)32-18-12-30-13-18/h2-9,11,18,25-27H,10,12-13H2,1H3,(H2,24,28)/p+1. The van der Waals surface area contributed by atoms with E-state index in [0.29, 0.717) is 16.5 Å². The number of nitrogens with two attached hydrogens (primary N) is 2. The van der Waals surface area contributed by atoms with Crippen molar-refractivity contribution < 1.29 is 14.9 Å². The highest BCUT2D eigenvalue weighted by atomic mass is 32.2. The number of hydrogen-bond donors (Lipinski definition) is 4. The van der Waals surface area contributed by atoms with Crippen molar-refractivity contribution >= 4 is 29.4 Å². The largest absolute Gasteiger partial charge is 0.396 e. The Kier molecular flexibility index (Phi) is 6.79. The van der Waals surface area contributed by atoms with Gasteiger partial charge in [-0.2, -0.15) is 0 Å². The Bertz CT molecular complexity index is 1110. The van der Waals surface area contributed by atoms with Crippen LogP contribution in [0.15, 0.2) is 59.6 Å². The van der Waals surface area contributed by atoms with Crippen molar-refractivity contribution in [2.45, 2.75) is 16.7 Å². The highest BCUT2D eigenvalue weighted by Gasteiger charge is 2.21. The molecule has 0 bridgehead atoms. The summed E-state index contributed by atoms with van der Waals surface area (Å²) in [6.07, 6.45) is 1.60. The summed E-state index contributed by atoms with van der Waals surface area (Å²) in [6.45, 7) is 2.34. The fraction of sp³-hybridized carbons (Fsp3) is 0.217. The van der Waals surface area contributed by atoms with Crippen LogP contribution >= 0.6 is 11.8 Å². The molecule has 0 radical (unpaired) electrons. The van der Waals surface area contributed by atoms with Crippen LogP contribution in [0.1, 0.15) is 16.8 Å². The predicted molar refractivity (Wildman–Crippen MR) is 125 cm³/mol. The molecule has 0 spiro atoms. The average Bonchev–Trinajstić information content (AvgIpc) is 2.77. The second-order valence-electron chi connectivity index (χ2n) is 7.31. The number of hydrogen-bond acceptors (Lipinski definition) is 8. The van der Waals surface area contributed by atoms with Crippen molar-refractivity contribution in [1.82, 2.24) is 15.3 Å². The van der Waals surface area contributed by atoms with E-state index in [1.807, 2.05) is 55.6 Å². The van der Waals surface area contributed by atoms with Crippen LogP contribution in [0.4, 0.5) is 5.82 Å². The summed E-state index contributed by atoms with van der Waals surface area (Å²) in [6, 6.07) is 15.5. The van der Waals surface area contributed by atoms with E-state index in [0.717, 1.165) is 30.9 Å². The van der Waals surface area contributed by atoms with Gasteiger partial charge in [0.2, 0.25) is 11.6 Å². The van der Waals surface area contributed by atoms with Crippen molar-refractivity contribution in [2.24, 2.45) is 0 Å². The second kappa shape index (κ2) is 9.90. The minimum absolute atomic E-state index is 0.0710. The molecule has 2 aromatic carbocycles. The number of rotatable bonds is 7. The lowest BCUT2D eigenvalue weighted by Crippen LogP contribution is -2.44. The summed E-state index contributed by atoms with van der Waals surface area (Å²) >= 11 is 1.80. The van der Waals surface area contributed by atoms with Gasteiger partial charge in [-0.3, -0.25) is 5.41 Å². The number of nitrogen functional groups attached to an aromatic ring is 1. The molecule has 6 N–H and O–H groups in total. The molecule has 3 aromatic rings. The summed E-state index contributed by atoms with van der Waals surface area (Å²) in [5, 5.41) is 17.9. The van der Waals surface area contributed by atoms with E-state index in [-0.39, 0.29) is 23.3 Å². The monoisotopic (exact) mass is 449 g/mol. The lowest BCUT2D eigenvalue weighted by molar-refractivity contribution is -0.131. The molecule has 8 nitrogen and oxygen atoms in total. The molecule has 1 saturated heterocycles. The highest BCUT2D eigenvalue weighted by molar-refractivity contribution is 8.00. The van der Waals surface area contributed by atoms with Gasteiger partial charge in [-0.05, 0) is 36.9 Å². The molecule has 1 aliphatic heterocycles. The molecule has 32 heavy (non-hydrogen) atoms. The summed E-state index contributed by atoms with van der Waals surface area (Å²) in [5.41, 5.74) is 9.41. The van der Waals surface area contributed by atoms with Gasteiger partial charge in [0, 0.05) is 22.6 Å². The van der Waals surface area contributed by atoms with Crippen LogP contribution in [0, 0.1) is 5.41 Å². The smallest absolute Gasteiger partial charge is 0.385 e. The van der Waals surface area contributed by atoms with Gasteiger partial charge in [0.15, 0.2) is 5.82 Å². The molecule has 0 unspecified atom stereocenters. The topological polar surface area (TPSA) is 132 Å². The van der Waals surface area contributed by atoms with E-state index < -0.39 is 0 Å². The minimum atomic E-state index is -0.0912. The Balaban J connectivity index is 1.46. The van der Waals surface area contributed by atoms with Crippen LogP contribution in [0.25, 0.3) is 11.3 Å². The minimum Gasteiger partial charge on any atom is -0.385 e. The number of aromatic nitrogens is 2. The van der Waals surface area contributed by atoms with E-state index in [4.69, 9.17) is 26.0 Å². The van der Waals surface area contributed by atoms with Crippen molar-refractivity contribution in [3.8, 4) is 11.3 Å². The first-order valence-corrected chi connectivity index (χ1v) is 11.0. The summed E-state index contributed by atoms with van der Waals surface area (Å²) in [7, 11) is 1.88. The van der Waals surface area contributed by atoms with Crippen molar-refractivity contribution in [3.05, 3.63) is 71.5 Å². The maximum absolute atomic E-state index is 8.23. The van der Waals surface area contributed by atoms with Gasteiger partial charge >= 0.3 is 5.90 Å². The molecule has 9 heteroatoms. The Hall–Kier alpha value is -3.27. The number of benzene rings is 2. The number of nitrogens with zero attached hydrogens (tertiary/aromatic N) is 2. The van der Waals surface area contributed by atoms with Crippen molar-refractivity contribution in [2.75, 3.05) is 26.0 Å². The zero-order chi connectivity index (χ0) is 22.5. The number of nitrogens with one attached hydrogen (secondary N) is 2. The summed E-state index contributed by atoms with van der Waals surface area (Å²) < 4.78 is 10.8. The van der Waals surface area contributed by atoms with Crippen molar-refractivity contribution in [3.63, 3.8) is 0 Å². The molecule has 0 amide bonds. The number of anilines is 1. The predicted octanol–water partition coefficient (Wildman–Crippen LogP) is 1.48. The Morgan fingerprint density at radius 3 is 2.56 bits per heavy atom. The summed E-state index contributed by atoms with van der Waals surface area (Å²) in [4.78, 5) is 9.93. The van der Waals surface area contributed by atoms with Gasteiger partial charge in [0.05, 0.1) is 30.4 Å². The fourth-order valence-electron chi connectivity index (χ4n) is 3.09. The molecular weight excluding hydrogens is 424 g/mol. The maximum Gasteiger partial charge on any atom is 0.396 e. The van der Waals surface area contributed by atoms with E-state index >= 15 is 0 Å². The van der Waals surface area contributed by atoms with E-state index in [9.17, 15) is 0 Å². The lowest BCUT2D eigenvalue weighted by atomic mass is 10.1. The molecular formula is C23H25N6O2S+. The maximum atomic E-state index is 8.23. The molecule has 1 aromatic heterocycles. The second-order valence-corrected chi connectivity index (χ2v) is 8.69. The molecule has 164 valence electrons. The van der Waals surface area contributed by atoms with Crippen molar-refractivity contribution in [1.29, 1.82) is 5.41 Å². The first kappa shape index (κ1) is 21.9. The number of ether oxygens (including phenoxy) is 2. The van der Waals surface area contributed by atoms with Crippen LogP contribution in [0.5, 0.6) is 0 Å². The Morgan fingerprint density at radius 2 is 1.94 bits per heavy atom. The fourth-order valence-corrected chi connectivity index (χ4v) is 4.10. The summed E-state index contributed by atoms with van der Waals surface area (Å²) in [5.74, 6) is -0.0228. The molecule has 4 rings (SSSR count). The van der Waals surface area contributed by atoms with Crippen LogP contribution in [-0.2, 0) is 16.0 Å². The number of thioether (sulfide) groups is 1. The Labute approximate surface area is 190 Å². The van der Waals surface area contributed by atoms with Gasteiger partial charge in [0.1, 0.15) is 0 Å². The molecule has 0 atom stereocenters. The molecule has 2 heterocycles.